The molecular formula is C31H41N3O4. The van der Waals surface area contributed by atoms with E-state index in [-0.39, 0.29) is 24.0 Å². The molecule has 1 saturated carbocycles. The lowest BCUT2D eigenvalue weighted by Gasteiger charge is -2.35. The van der Waals surface area contributed by atoms with Crippen molar-refractivity contribution in [3.63, 3.8) is 0 Å². The number of anilines is 1. The number of methoxy groups -OCH3 is 1. The van der Waals surface area contributed by atoms with E-state index in [0.717, 1.165) is 59.6 Å². The van der Waals surface area contributed by atoms with Crippen molar-refractivity contribution >= 4 is 23.6 Å². The van der Waals surface area contributed by atoms with Gasteiger partial charge in [0.15, 0.2) is 11.5 Å². The summed E-state index contributed by atoms with van der Waals surface area (Å²) < 4.78 is 11.9. The lowest BCUT2D eigenvalue weighted by molar-refractivity contribution is -0.123. The Morgan fingerprint density at radius 1 is 1.13 bits per heavy atom. The molecule has 1 N–H and O–H groups in total. The number of hydrogen-bond donors (Lipinski definition) is 1. The number of hydrogen-bond acceptors (Lipinski definition) is 6. The predicted octanol–water partition coefficient (Wildman–Crippen LogP) is 6.20. The first kappa shape index (κ1) is 27.7. The van der Waals surface area contributed by atoms with Crippen LogP contribution in [0, 0.1) is 11.3 Å². The van der Waals surface area contributed by atoms with Crippen molar-refractivity contribution in [3.05, 3.63) is 53.6 Å². The molecule has 1 amide bonds. The average Bonchev–Trinajstić information content (AvgIpc) is 3.41. The summed E-state index contributed by atoms with van der Waals surface area (Å²) >= 11 is 0. The van der Waals surface area contributed by atoms with Gasteiger partial charge in [0.05, 0.1) is 25.5 Å². The van der Waals surface area contributed by atoms with E-state index in [9.17, 15) is 9.59 Å². The first-order valence-corrected chi connectivity index (χ1v) is 13.8. The van der Waals surface area contributed by atoms with E-state index in [1.54, 1.807) is 7.11 Å². The van der Waals surface area contributed by atoms with Crippen LogP contribution < -0.4 is 14.8 Å². The van der Waals surface area contributed by atoms with E-state index in [2.05, 4.69) is 12.2 Å². The molecule has 0 saturated heterocycles. The van der Waals surface area contributed by atoms with Gasteiger partial charge in [-0.3, -0.25) is 9.80 Å². The topological polar surface area (TPSA) is 80.2 Å². The van der Waals surface area contributed by atoms with Gasteiger partial charge in [-0.05, 0) is 74.4 Å². The standard InChI is InChI=1S/C31H41N3O4/c1-6-22-17-25(20-35)34(19-21-10-9-11-24(16-21)32-30(36)31(2,3)4)33-29(22)23-14-15-27(37-5)28(18-23)38-26-12-7-8-13-26/h9-11,14-16,18,20,22,25-26H,6-8,12-13,17,19H2,1-5H3,(H,32,36). The van der Waals surface area contributed by atoms with E-state index in [0.29, 0.717) is 13.0 Å². The number of carbonyl (C=O) groups excluding carboxylic acids is 2. The van der Waals surface area contributed by atoms with E-state index in [1.807, 2.05) is 68.2 Å². The highest BCUT2D eigenvalue weighted by Gasteiger charge is 2.31. The molecule has 1 fully saturated rings. The third-order valence-electron chi connectivity index (χ3n) is 7.45. The van der Waals surface area contributed by atoms with Gasteiger partial charge < -0.3 is 19.6 Å². The number of amides is 1. The van der Waals surface area contributed by atoms with Crippen molar-refractivity contribution in [3.8, 4) is 11.5 Å². The van der Waals surface area contributed by atoms with Crippen molar-refractivity contribution in [2.75, 3.05) is 12.4 Å². The van der Waals surface area contributed by atoms with Gasteiger partial charge in [-0.1, -0.05) is 39.8 Å². The SMILES string of the molecule is CCC1CC(C=O)N(Cc2cccc(NC(=O)C(C)(C)C)c2)N=C1c1ccc(OC)c(OC2CCCC2)c1. The number of ether oxygens (including phenoxy) is 2. The maximum atomic E-state index is 12.5. The van der Waals surface area contributed by atoms with Crippen LogP contribution in [-0.2, 0) is 16.1 Å². The van der Waals surface area contributed by atoms with Gasteiger partial charge in [-0.15, -0.1) is 0 Å². The predicted molar refractivity (Wildman–Crippen MR) is 151 cm³/mol. The smallest absolute Gasteiger partial charge is 0.229 e. The molecule has 1 aliphatic carbocycles. The fraction of sp³-hybridized carbons (Fsp3) is 0.516. The molecule has 1 heterocycles. The van der Waals surface area contributed by atoms with Gasteiger partial charge in [0.1, 0.15) is 12.3 Å². The Bertz CT molecular complexity index is 1160. The molecule has 0 radical (unpaired) electrons. The summed E-state index contributed by atoms with van der Waals surface area (Å²) in [6, 6.07) is 13.5. The highest BCUT2D eigenvalue weighted by atomic mass is 16.5. The fourth-order valence-electron chi connectivity index (χ4n) is 5.12. The van der Waals surface area contributed by atoms with Crippen molar-refractivity contribution in [1.82, 2.24) is 5.01 Å². The van der Waals surface area contributed by atoms with E-state index in [1.165, 1.54) is 12.8 Å². The van der Waals surface area contributed by atoms with Crippen molar-refractivity contribution in [2.24, 2.45) is 16.4 Å². The third-order valence-corrected chi connectivity index (χ3v) is 7.45. The Morgan fingerprint density at radius 2 is 1.89 bits per heavy atom. The number of nitrogens with zero attached hydrogens (tertiary/aromatic N) is 2. The molecule has 0 bridgehead atoms. The minimum absolute atomic E-state index is 0.0420. The Morgan fingerprint density at radius 3 is 2.55 bits per heavy atom. The summed E-state index contributed by atoms with van der Waals surface area (Å²) in [5.41, 5.74) is 3.18. The summed E-state index contributed by atoms with van der Waals surface area (Å²) in [4.78, 5) is 24.6. The van der Waals surface area contributed by atoms with Gasteiger partial charge >= 0.3 is 0 Å². The van der Waals surface area contributed by atoms with E-state index < -0.39 is 5.41 Å². The highest BCUT2D eigenvalue weighted by Crippen LogP contribution is 2.35. The highest BCUT2D eigenvalue weighted by molar-refractivity contribution is 6.03. The van der Waals surface area contributed by atoms with Crippen LogP contribution in [0.4, 0.5) is 5.69 Å². The summed E-state index contributed by atoms with van der Waals surface area (Å²) in [6.45, 7) is 8.26. The zero-order valence-electron chi connectivity index (χ0n) is 23.3. The molecule has 204 valence electrons. The van der Waals surface area contributed by atoms with E-state index in [4.69, 9.17) is 14.6 Å². The summed E-state index contributed by atoms with van der Waals surface area (Å²) in [7, 11) is 1.66. The molecule has 0 spiro atoms. The van der Waals surface area contributed by atoms with Crippen LogP contribution in [0.2, 0.25) is 0 Å². The second-order valence-corrected chi connectivity index (χ2v) is 11.4. The van der Waals surface area contributed by atoms with Gasteiger partial charge in [0.25, 0.3) is 0 Å². The lowest BCUT2D eigenvalue weighted by Crippen LogP contribution is -2.41. The number of carbonyl (C=O) groups is 2. The quantitative estimate of drug-likeness (QED) is 0.399. The Balaban J connectivity index is 1.62. The Labute approximate surface area is 226 Å². The molecule has 2 aromatic rings. The Kier molecular flexibility index (Phi) is 8.75. The number of rotatable bonds is 9. The Hall–Kier alpha value is -3.35. The number of aldehydes is 1. The van der Waals surface area contributed by atoms with Crippen LogP contribution in [0.25, 0.3) is 0 Å². The molecule has 7 heteroatoms. The van der Waals surface area contributed by atoms with Gasteiger partial charge in [-0.25, -0.2) is 0 Å². The van der Waals surface area contributed by atoms with Gasteiger partial charge in [0, 0.05) is 22.6 Å². The van der Waals surface area contributed by atoms with Crippen LogP contribution in [0.15, 0.2) is 47.6 Å². The zero-order valence-corrected chi connectivity index (χ0v) is 23.3. The van der Waals surface area contributed by atoms with Crippen molar-refractivity contribution in [1.29, 1.82) is 0 Å². The normalized spacial score (nSPS) is 20.1. The van der Waals surface area contributed by atoms with Crippen molar-refractivity contribution in [2.45, 2.75) is 84.9 Å². The second-order valence-electron chi connectivity index (χ2n) is 11.4. The minimum Gasteiger partial charge on any atom is -0.493 e. The van der Waals surface area contributed by atoms with Crippen LogP contribution in [0.3, 0.4) is 0 Å². The monoisotopic (exact) mass is 519 g/mol. The molecule has 38 heavy (non-hydrogen) atoms. The maximum absolute atomic E-state index is 12.5. The zero-order chi connectivity index (χ0) is 27.3. The largest absolute Gasteiger partial charge is 0.493 e. The summed E-state index contributed by atoms with van der Waals surface area (Å²) in [6.07, 6.45) is 7.32. The van der Waals surface area contributed by atoms with E-state index >= 15 is 0 Å². The minimum atomic E-state index is -0.488. The number of hydrazone groups is 1. The first-order valence-electron chi connectivity index (χ1n) is 13.8. The second kappa shape index (κ2) is 12.0. The molecule has 2 aromatic carbocycles. The fourth-order valence-corrected chi connectivity index (χ4v) is 5.12. The van der Waals surface area contributed by atoms with Crippen LogP contribution in [0.5, 0.6) is 11.5 Å². The molecule has 7 nitrogen and oxygen atoms in total. The van der Waals surface area contributed by atoms with Crippen LogP contribution in [0.1, 0.15) is 77.3 Å². The summed E-state index contributed by atoms with van der Waals surface area (Å²) in [5, 5.41) is 9.91. The molecule has 0 aromatic heterocycles. The average molecular weight is 520 g/mol. The maximum Gasteiger partial charge on any atom is 0.229 e. The lowest BCUT2D eigenvalue weighted by atomic mass is 9.87. The first-order chi connectivity index (χ1) is 18.2. The molecule has 2 unspecified atom stereocenters. The third kappa shape index (κ3) is 6.55. The van der Waals surface area contributed by atoms with Gasteiger partial charge in [-0.2, -0.15) is 5.10 Å². The molecular weight excluding hydrogens is 478 g/mol. The van der Waals surface area contributed by atoms with Crippen molar-refractivity contribution < 1.29 is 19.1 Å². The molecule has 2 atom stereocenters. The molecule has 2 aliphatic rings. The molecule has 4 rings (SSSR count). The van der Waals surface area contributed by atoms with Crippen LogP contribution >= 0.6 is 0 Å². The number of benzene rings is 2. The number of nitrogens with one attached hydrogen (secondary N) is 1. The molecule has 1 aliphatic heterocycles. The van der Waals surface area contributed by atoms with Gasteiger partial charge in [0.2, 0.25) is 5.91 Å². The van der Waals surface area contributed by atoms with Crippen LogP contribution in [-0.4, -0.2) is 42.2 Å². The summed E-state index contributed by atoms with van der Waals surface area (Å²) in [5.74, 6) is 1.59.